The third kappa shape index (κ3) is 6.30. The van der Waals surface area contributed by atoms with Crippen LogP contribution in [0.4, 0.5) is 0 Å². The average molecular weight is 298 g/mol. The molecule has 0 radical (unpaired) electrons. The predicted octanol–water partition coefficient (Wildman–Crippen LogP) is -0.852. The Morgan fingerprint density at radius 3 is 2.67 bits per heavy atom. The summed E-state index contributed by atoms with van der Waals surface area (Å²) in [5, 5.41) is 22.3. The van der Waals surface area contributed by atoms with E-state index in [2.05, 4.69) is 39.6 Å². The van der Waals surface area contributed by atoms with Crippen LogP contribution >= 0.6 is 0 Å². The summed E-state index contributed by atoms with van der Waals surface area (Å²) in [4.78, 5) is 24.3. The number of likely N-dealkylation sites (N-methyl/N-ethyl adjacent to an activating group) is 1. The number of nitrogens with one attached hydrogen (secondary N) is 1. The number of carboxylic acids is 1. The van der Waals surface area contributed by atoms with Gasteiger partial charge >= 0.3 is 5.97 Å². The maximum absolute atomic E-state index is 11.7. The molecular formula is C12H22N6O3. The lowest BCUT2D eigenvalue weighted by molar-refractivity contribution is -0.136. The number of aliphatic carboxylic acids is 1. The van der Waals surface area contributed by atoms with Gasteiger partial charge in [-0.05, 0) is 23.5 Å². The van der Waals surface area contributed by atoms with Gasteiger partial charge in [-0.25, -0.2) is 4.68 Å². The molecule has 118 valence electrons. The van der Waals surface area contributed by atoms with Gasteiger partial charge in [0.15, 0.2) is 5.82 Å². The first-order valence-corrected chi connectivity index (χ1v) is 7.02. The zero-order valence-corrected chi connectivity index (χ0v) is 12.4. The third-order valence-electron chi connectivity index (χ3n) is 3.11. The van der Waals surface area contributed by atoms with Gasteiger partial charge in [-0.2, -0.15) is 0 Å². The van der Waals surface area contributed by atoms with E-state index in [0.717, 1.165) is 19.6 Å². The Balaban J connectivity index is 2.43. The molecule has 0 aliphatic rings. The lowest BCUT2D eigenvalue weighted by Gasteiger charge is -2.17. The second-order valence-electron chi connectivity index (χ2n) is 4.52. The number of nitrogens with zero attached hydrogens (tertiary/aromatic N) is 5. The first-order chi connectivity index (χ1) is 10.1. The molecule has 0 aliphatic carbocycles. The van der Waals surface area contributed by atoms with Crippen molar-refractivity contribution in [3.63, 3.8) is 0 Å². The smallest absolute Gasteiger partial charge is 0.305 e. The van der Waals surface area contributed by atoms with Crippen LogP contribution in [0, 0.1) is 0 Å². The van der Waals surface area contributed by atoms with Gasteiger partial charge in [0, 0.05) is 13.1 Å². The van der Waals surface area contributed by atoms with Crippen LogP contribution in [0.25, 0.3) is 0 Å². The number of tetrazole rings is 1. The Labute approximate surface area is 123 Å². The van der Waals surface area contributed by atoms with Crippen LogP contribution < -0.4 is 5.32 Å². The molecule has 0 bridgehead atoms. The number of rotatable bonds is 10. The van der Waals surface area contributed by atoms with Gasteiger partial charge in [0.1, 0.15) is 0 Å². The number of carboxylic acid groups (broad SMARTS) is 1. The standard InChI is InChI=1S/C12H22N6O3/c1-3-17(4-2)7-8-18-10(14-15-16-18)9-11(19)13-6-5-12(20)21/h3-9H2,1-2H3,(H,13,19)(H,20,21). The van der Waals surface area contributed by atoms with E-state index < -0.39 is 5.97 Å². The summed E-state index contributed by atoms with van der Waals surface area (Å²) >= 11 is 0. The van der Waals surface area contributed by atoms with Crippen LogP contribution in [0.3, 0.4) is 0 Å². The molecule has 0 saturated carbocycles. The molecule has 0 atom stereocenters. The molecule has 0 saturated heterocycles. The molecule has 1 aromatic heterocycles. The Hall–Kier alpha value is -2.03. The first kappa shape index (κ1) is 17.0. The highest BCUT2D eigenvalue weighted by atomic mass is 16.4. The molecule has 0 aromatic carbocycles. The van der Waals surface area contributed by atoms with Crippen molar-refractivity contribution < 1.29 is 14.7 Å². The maximum atomic E-state index is 11.7. The fourth-order valence-corrected chi connectivity index (χ4v) is 1.81. The molecule has 0 fully saturated rings. The van der Waals surface area contributed by atoms with Gasteiger partial charge in [-0.3, -0.25) is 9.59 Å². The van der Waals surface area contributed by atoms with Crippen LogP contribution in [0.15, 0.2) is 0 Å². The zero-order valence-electron chi connectivity index (χ0n) is 12.4. The van der Waals surface area contributed by atoms with E-state index in [4.69, 9.17) is 5.11 Å². The van der Waals surface area contributed by atoms with E-state index in [9.17, 15) is 9.59 Å². The van der Waals surface area contributed by atoms with Crippen molar-refractivity contribution in [2.75, 3.05) is 26.2 Å². The minimum Gasteiger partial charge on any atom is -0.481 e. The van der Waals surface area contributed by atoms with Crippen LogP contribution in [-0.2, 0) is 22.6 Å². The number of hydrogen-bond donors (Lipinski definition) is 2. The van der Waals surface area contributed by atoms with Crippen LogP contribution in [0.5, 0.6) is 0 Å². The summed E-state index contributed by atoms with van der Waals surface area (Å²) in [7, 11) is 0. The van der Waals surface area contributed by atoms with Crippen molar-refractivity contribution in [3.05, 3.63) is 5.82 Å². The summed E-state index contributed by atoms with van der Waals surface area (Å²) in [5.41, 5.74) is 0. The summed E-state index contributed by atoms with van der Waals surface area (Å²) in [6.07, 6.45) is -0.0521. The van der Waals surface area contributed by atoms with Gasteiger partial charge in [-0.15, -0.1) is 5.10 Å². The molecule has 1 aromatic rings. The second kappa shape index (κ2) is 9.01. The van der Waals surface area contributed by atoms with Crippen molar-refractivity contribution in [1.82, 2.24) is 30.4 Å². The van der Waals surface area contributed by atoms with Crippen LogP contribution in [0.1, 0.15) is 26.1 Å². The van der Waals surface area contributed by atoms with Crippen LogP contribution in [0.2, 0.25) is 0 Å². The average Bonchev–Trinajstić information content (AvgIpc) is 2.87. The van der Waals surface area contributed by atoms with Gasteiger partial charge in [-0.1, -0.05) is 13.8 Å². The Bertz CT molecular complexity index is 458. The van der Waals surface area contributed by atoms with E-state index in [-0.39, 0.29) is 25.3 Å². The highest BCUT2D eigenvalue weighted by molar-refractivity contribution is 5.78. The molecule has 9 heteroatoms. The van der Waals surface area contributed by atoms with Crippen LogP contribution in [-0.4, -0.2) is 68.3 Å². The number of aromatic nitrogens is 4. The molecule has 0 unspecified atom stereocenters. The largest absolute Gasteiger partial charge is 0.481 e. The lowest BCUT2D eigenvalue weighted by Crippen LogP contribution is -2.30. The highest BCUT2D eigenvalue weighted by Gasteiger charge is 2.12. The highest BCUT2D eigenvalue weighted by Crippen LogP contribution is 1.96. The van der Waals surface area contributed by atoms with E-state index >= 15 is 0 Å². The summed E-state index contributed by atoms with van der Waals surface area (Å²) in [6, 6.07) is 0. The Morgan fingerprint density at radius 1 is 1.33 bits per heavy atom. The molecule has 1 rings (SSSR count). The predicted molar refractivity (Wildman–Crippen MR) is 74.6 cm³/mol. The Kier molecular flexibility index (Phi) is 7.30. The van der Waals surface area contributed by atoms with Crippen molar-refractivity contribution in [3.8, 4) is 0 Å². The third-order valence-corrected chi connectivity index (χ3v) is 3.11. The summed E-state index contributed by atoms with van der Waals surface area (Å²) in [5.74, 6) is -0.746. The normalized spacial score (nSPS) is 10.8. The van der Waals surface area contributed by atoms with Gasteiger partial charge < -0.3 is 15.3 Å². The second-order valence-corrected chi connectivity index (χ2v) is 4.52. The number of amides is 1. The molecule has 21 heavy (non-hydrogen) atoms. The number of hydrogen-bond acceptors (Lipinski definition) is 6. The lowest BCUT2D eigenvalue weighted by atomic mass is 10.3. The van der Waals surface area contributed by atoms with E-state index in [1.54, 1.807) is 4.68 Å². The fourth-order valence-electron chi connectivity index (χ4n) is 1.81. The molecule has 1 amide bonds. The monoisotopic (exact) mass is 298 g/mol. The van der Waals surface area contributed by atoms with Crippen molar-refractivity contribution in [2.45, 2.75) is 33.2 Å². The van der Waals surface area contributed by atoms with E-state index in [1.165, 1.54) is 0 Å². The van der Waals surface area contributed by atoms with Gasteiger partial charge in [0.2, 0.25) is 5.91 Å². The summed E-state index contributed by atoms with van der Waals surface area (Å²) < 4.78 is 1.61. The van der Waals surface area contributed by atoms with Crippen molar-refractivity contribution in [1.29, 1.82) is 0 Å². The molecular weight excluding hydrogens is 276 g/mol. The molecule has 9 nitrogen and oxygen atoms in total. The molecule has 2 N–H and O–H groups in total. The van der Waals surface area contributed by atoms with Gasteiger partial charge in [0.25, 0.3) is 0 Å². The topological polar surface area (TPSA) is 113 Å². The summed E-state index contributed by atoms with van der Waals surface area (Å²) in [6.45, 7) is 7.60. The minimum absolute atomic E-state index is 0.0465. The quantitative estimate of drug-likeness (QED) is 0.578. The Morgan fingerprint density at radius 2 is 2.05 bits per heavy atom. The molecule has 0 spiro atoms. The molecule has 0 aliphatic heterocycles. The number of carbonyl (C=O) groups excluding carboxylic acids is 1. The fraction of sp³-hybridized carbons (Fsp3) is 0.750. The minimum atomic E-state index is -0.945. The van der Waals surface area contributed by atoms with E-state index in [0.29, 0.717) is 12.4 Å². The van der Waals surface area contributed by atoms with Crippen molar-refractivity contribution in [2.24, 2.45) is 0 Å². The zero-order chi connectivity index (χ0) is 15.7. The van der Waals surface area contributed by atoms with Gasteiger partial charge in [0.05, 0.1) is 19.4 Å². The maximum Gasteiger partial charge on any atom is 0.305 e. The van der Waals surface area contributed by atoms with E-state index in [1.807, 2.05) is 0 Å². The first-order valence-electron chi connectivity index (χ1n) is 7.02. The number of carbonyl (C=O) groups is 2. The SMILES string of the molecule is CCN(CC)CCn1nnnc1CC(=O)NCCC(=O)O. The molecule has 1 heterocycles. The van der Waals surface area contributed by atoms with Crippen molar-refractivity contribution >= 4 is 11.9 Å².